The summed E-state index contributed by atoms with van der Waals surface area (Å²) >= 11 is 1.63. The Morgan fingerprint density at radius 2 is 1.83 bits per heavy atom. The summed E-state index contributed by atoms with van der Waals surface area (Å²) in [5, 5.41) is 2.88. The number of thioether (sulfide) groups is 1. The zero-order valence-corrected chi connectivity index (χ0v) is 13.8. The largest absolute Gasteiger partial charge is 0.469 e. The van der Waals surface area contributed by atoms with Gasteiger partial charge in [0, 0.05) is 22.9 Å². The van der Waals surface area contributed by atoms with Gasteiger partial charge in [0.05, 0.1) is 19.6 Å². The quantitative estimate of drug-likeness (QED) is 0.651. The fourth-order valence-electron chi connectivity index (χ4n) is 2.08. The third kappa shape index (κ3) is 4.82. The number of pyridine rings is 1. The van der Waals surface area contributed by atoms with Crippen molar-refractivity contribution in [3.63, 3.8) is 0 Å². The zero-order chi connectivity index (χ0) is 16.7. The molecule has 1 aromatic carbocycles. The fraction of sp³-hybridized carbons (Fsp3) is 0.235. The molecule has 0 aliphatic carbocycles. The van der Waals surface area contributed by atoms with Gasteiger partial charge in [-0.2, -0.15) is 0 Å². The van der Waals surface area contributed by atoms with Crippen molar-refractivity contribution >= 4 is 23.6 Å². The number of aromatic nitrogens is 1. The highest BCUT2D eigenvalue weighted by molar-refractivity contribution is 7.98. The number of esters is 1. The first-order chi connectivity index (χ1) is 11.1. The molecule has 0 aliphatic rings. The van der Waals surface area contributed by atoms with Crippen LogP contribution in [0.1, 0.15) is 28.4 Å². The minimum Gasteiger partial charge on any atom is -0.469 e. The van der Waals surface area contributed by atoms with Crippen molar-refractivity contribution in [2.24, 2.45) is 0 Å². The van der Waals surface area contributed by atoms with Gasteiger partial charge in [-0.05, 0) is 36.1 Å². The number of rotatable bonds is 6. The highest BCUT2D eigenvalue weighted by Crippen LogP contribution is 2.22. The average molecular weight is 330 g/mol. The van der Waals surface area contributed by atoms with E-state index < -0.39 is 6.04 Å². The van der Waals surface area contributed by atoms with Gasteiger partial charge in [0.25, 0.3) is 5.91 Å². The van der Waals surface area contributed by atoms with Gasteiger partial charge in [0.15, 0.2) is 0 Å². The molecule has 0 radical (unpaired) electrons. The number of hydrogen-bond acceptors (Lipinski definition) is 5. The van der Waals surface area contributed by atoms with Crippen LogP contribution in [0.3, 0.4) is 0 Å². The Balaban J connectivity index is 2.19. The first-order valence-electron chi connectivity index (χ1n) is 7.05. The highest BCUT2D eigenvalue weighted by atomic mass is 32.2. The second-order valence-corrected chi connectivity index (χ2v) is 5.70. The Hall–Kier alpha value is -2.34. The summed E-state index contributed by atoms with van der Waals surface area (Å²) in [6.07, 6.45) is 5.17. The summed E-state index contributed by atoms with van der Waals surface area (Å²) in [5.74, 6) is -0.630. The predicted molar refractivity (Wildman–Crippen MR) is 89.3 cm³/mol. The van der Waals surface area contributed by atoms with Crippen LogP contribution in [0.5, 0.6) is 0 Å². The number of carbonyl (C=O) groups is 2. The molecule has 0 aliphatic heterocycles. The van der Waals surface area contributed by atoms with Crippen LogP contribution in [0.4, 0.5) is 0 Å². The van der Waals surface area contributed by atoms with E-state index in [-0.39, 0.29) is 18.3 Å². The Bertz CT molecular complexity index is 659. The Labute approximate surface area is 139 Å². The number of amides is 1. The maximum atomic E-state index is 12.3. The lowest BCUT2D eigenvalue weighted by atomic mass is 10.0. The highest BCUT2D eigenvalue weighted by Gasteiger charge is 2.19. The molecule has 1 heterocycles. The molecule has 0 bridgehead atoms. The van der Waals surface area contributed by atoms with Crippen molar-refractivity contribution in [2.75, 3.05) is 13.4 Å². The topological polar surface area (TPSA) is 68.3 Å². The summed E-state index contributed by atoms with van der Waals surface area (Å²) in [6, 6.07) is 10.5. The standard InChI is InChI=1S/C17H18N2O3S/c1-22-16(20)11-15(12-3-5-14(23-2)6-4-12)19-17(21)13-7-9-18-10-8-13/h3-10,15H,11H2,1-2H3,(H,19,21). The summed E-state index contributed by atoms with van der Waals surface area (Å²) in [5.41, 5.74) is 1.35. The molecule has 0 spiro atoms. The van der Waals surface area contributed by atoms with Crippen LogP contribution in [0, 0.1) is 0 Å². The zero-order valence-electron chi connectivity index (χ0n) is 13.0. The Morgan fingerprint density at radius 1 is 1.17 bits per heavy atom. The SMILES string of the molecule is COC(=O)CC(NC(=O)c1ccncc1)c1ccc(SC)cc1. The number of nitrogens with one attached hydrogen (secondary N) is 1. The fourth-order valence-corrected chi connectivity index (χ4v) is 2.49. The molecule has 120 valence electrons. The number of nitrogens with zero attached hydrogens (tertiary/aromatic N) is 1. The van der Waals surface area contributed by atoms with E-state index in [0.717, 1.165) is 10.5 Å². The smallest absolute Gasteiger partial charge is 0.307 e. The van der Waals surface area contributed by atoms with Crippen LogP contribution in [-0.4, -0.2) is 30.2 Å². The van der Waals surface area contributed by atoms with Gasteiger partial charge in [0.1, 0.15) is 0 Å². The molecule has 0 saturated heterocycles. The third-order valence-electron chi connectivity index (χ3n) is 3.36. The number of benzene rings is 1. The lowest BCUT2D eigenvalue weighted by molar-refractivity contribution is -0.141. The molecule has 1 N–H and O–H groups in total. The predicted octanol–water partition coefficient (Wildman–Crippen LogP) is 2.84. The van der Waals surface area contributed by atoms with Crippen LogP contribution in [-0.2, 0) is 9.53 Å². The van der Waals surface area contributed by atoms with Crippen molar-refractivity contribution in [1.82, 2.24) is 10.3 Å². The van der Waals surface area contributed by atoms with E-state index in [4.69, 9.17) is 4.74 Å². The van der Waals surface area contributed by atoms with Crippen LogP contribution in [0.15, 0.2) is 53.7 Å². The molecule has 2 rings (SSSR count). The van der Waals surface area contributed by atoms with Gasteiger partial charge in [-0.15, -0.1) is 11.8 Å². The Kier molecular flexibility index (Phi) is 6.17. The van der Waals surface area contributed by atoms with E-state index in [2.05, 4.69) is 10.3 Å². The normalized spacial score (nSPS) is 11.6. The van der Waals surface area contributed by atoms with Crippen molar-refractivity contribution in [1.29, 1.82) is 0 Å². The average Bonchev–Trinajstić information content (AvgIpc) is 2.61. The molecule has 6 heteroatoms. The van der Waals surface area contributed by atoms with Gasteiger partial charge in [-0.25, -0.2) is 0 Å². The van der Waals surface area contributed by atoms with E-state index in [0.29, 0.717) is 5.56 Å². The minimum atomic E-state index is -0.445. The molecule has 1 aromatic heterocycles. The van der Waals surface area contributed by atoms with Crippen LogP contribution >= 0.6 is 11.8 Å². The maximum absolute atomic E-state index is 12.3. The first-order valence-corrected chi connectivity index (χ1v) is 8.28. The van der Waals surface area contributed by atoms with Crippen molar-refractivity contribution in [2.45, 2.75) is 17.4 Å². The van der Waals surface area contributed by atoms with Gasteiger partial charge in [-0.3, -0.25) is 14.6 Å². The van der Waals surface area contributed by atoms with Crippen LogP contribution < -0.4 is 5.32 Å². The first kappa shape index (κ1) is 17.0. The van der Waals surface area contributed by atoms with Crippen molar-refractivity contribution < 1.29 is 14.3 Å². The second-order valence-electron chi connectivity index (χ2n) is 4.82. The van der Waals surface area contributed by atoms with E-state index >= 15 is 0 Å². The molecule has 1 unspecified atom stereocenters. The molecular weight excluding hydrogens is 312 g/mol. The number of hydrogen-bond donors (Lipinski definition) is 1. The van der Waals surface area contributed by atoms with Gasteiger partial charge >= 0.3 is 5.97 Å². The van der Waals surface area contributed by atoms with Gasteiger partial charge in [-0.1, -0.05) is 12.1 Å². The van der Waals surface area contributed by atoms with E-state index in [1.54, 1.807) is 36.3 Å². The summed E-state index contributed by atoms with van der Waals surface area (Å²) in [7, 11) is 1.33. The molecule has 23 heavy (non-hydrogen) atoms. The Morgan fingerprint density at radius 3 is 2.39 bits per heavy atom. The van der Waals surface area contributed by atoms with Crippen LogP contribution in [0.2, 0.25) is 0 Å². The number of ether oxygens (including phenoxy) is 1. The van der Waals surface area contributed by atoms with E-state index in [9.17, 15) is 9.59 Å². The van der Waals surface area contributed by atoms with Gasteiger partial charge in [0.2, 0.25) is 0 Å². The molecule has 1 amide bonds. The van der Waals surface area contributed by atoms with E-state index in [1.165, 1.54) is 7.11 Å². The minimum absolute atomic E-state index is 0.0753. The third-order valence-corrected chi connectivity index (χ3v) is 4.11. The monoisotopic (exact) mass is 330 g/mol. The summed E-state index contributed by atoms with van der Waals surface area (Å²) in [4.78, 5) is 29.0. The van der Waals surface area contributed by atoms with Crippen LogP contribution in [0.25, 0.3) is 0 Å². The van der Waals surface area contributed by atoms with Crippen molar-refractivity contribution in [3.8, 4) is 0 Å². The number of carbonyl (C=O) groups excluding carboxylic acids is 2. The second kappa shape index (κ2) is 8.33. The summed E-state index contributed by atoms with van der Waals surface area (Å²) < 4.78 is 4.73. The molecule has 2 aromatic rings. The maximum Gasteiger partial charge on any atom is 0.307 e. The molecule has 1 atom stereocenters. The van der Waals surface area contributed by atoms with Crippen molar-refractivity contribution in [3.05, 3.63) is 59.9 Å². The lowest BCUT2D eigenvalue weighted by Crippen LogP contribution is -2.30. The van der Waals surface area contributed by atoms with E-state index in [1.807, 2.05) is 30.5 Å². The molecule has 0 fully saturated rings. The molecule has 5 nitrogen and oxygen atoms in total. The number of methoxy groups -OCH3 is 1. The molecular formula is C17H18N2O3S. The lowest BCUT2D eigenvalue weighted by Gasteiger charge is -2.18. The van der Waals surface area contributed by atoms with Gasteiger partial charge < -0.3 is 10.1 Å². The summed E-state index contributed by atoms with van der Waals surface area (Å²) in [6.45, 7) is 0. The molecule has 0 saturated carbocycles.